The summed E-state index contributed by atoms with van der Waals surface area (Å²) in [6.45, 7) is 15.6. The highest BCUT2D eigenvalue weighted by Gasteiger charge is 2.47. The summed E-state index contributed by atoms with van der Waals surface area (Å²) in [6, 6.07) is 13.8. The van der Waals surface area contributed by atoms with Crippen LogP contribution in [0.1, 0.15) is 100 Å². The first-order chi connectivity index (χ1) is 23.9. The van der Waals surface area contributed by atoms with Crippen molar-refractivity contribution in [2.24, 2.45) is 11.3 Å². The number of aromatic carboxylic acids is 1. The lowest BCUT2D eigenvalue weighted by molar-refractivity contribution is -0.0184. The number of hydrogen-bond donors (Lipinski definition) is 3. The number of sulfonamides is 1. The van der Waals surface area contributed by atoms with E-state index in [1.165, 1.54) is 18.2 Å². The minimum absolute atomic E-state index is 0.0575. The number of anilines is 1. The fourth-order valence-electron chi connectivity index (χ4n) is 7.49. The number of aryl methyl sites for hydroxylation is 3. The molecule has 1 atom stereocenters. The van der Waals surface area contributed by atoms with Gasteiger partial charge >= 0.3 is 12.1 Å². The number of nitrogens with zero attached hydrogens (tertiary/aromatic N) is 3. The molecular formula is C39H53N5O6S. The van der Waals surface area contributed by atoms with E-state index >= 15 is 0 Å². The number of aromatic nitrogens is 2. The summed E-state index contributed by atoms with van der Waals surface area (Å²) in [5.74, 6) is -0.793. The Labute approximate surface area is 302 Å². The van der Waals surface area contributed by atoms with Gasteiger partial charge in [0.1, 0.15) is 5.60 Å². The first kappa shape index (κ1) is 38.2. The van der Waals surface area contributed by atoms with Crippen molar-refractivity contribution in [3.63, 3.8) is 0 Å². The lowest BCUT2D eigenvalue weighted by atomic mass is 9.60. The molecule has 5 rings (SSSR count). The molecule has 1 saturated carbocycles. The fourth-order valence-corrected chi connectivity index (χ4v) is 8.48. The second kappa shape index (κ2) is 15.3. The van der Waals surface area contributed by atoms with Crippen molar-refractivity contribution in [1.82, 2.24) is 20.2 Å². The molecule has 11 nitrogen and oxygen atoms in total. The van der Waals surface area contributed by atoms with E-state index in [2.05, 4.69) is 33.9 Å². The van der Waals surface area contributed by atoms with E-state index in [-0.39, 0.29) is 34.0 Å². The van der Waals surface area contributed by atoms with Crippen LogP contribution < -0.4 is 10.0 Å². The number of benzene rings is 2. The van der Waals surface area contributed by atoms with Gasteiger partial charge in [-0.05, 0) is 126 Å². The van der Waals surface area contributed by atoms with Gasteiger partial charge in [-0.2, -0.15) is 0 Å². The summed E-state index contributed by atoms with van der Waals surface area (Å²) < 4.78 is 35.0. The molecule has 1 aliphatic heterocycles. The van der Waals surface area contributed by atoms with Crippen LogP contribution in [-0.2, 0) is 21.2 Å². The van der Waals surface area contributed by atoms with Gasteiger partial charge in [0.25, 0.3) is 10.0 Å². The van der Waals surface area contributed by atoms with Crippen LogP contribution in [0.15, 0.2) is 53.4 Å². The Morgan fingerprint density at radius 2 is 1.67 bits per heavy atom. The molecule has 2 aliphatic rings. The smallest absolute Gasteiger partial charge is 0.410 e. The number of carbonyl (C=O) groups is 2. The number of carboxylic acid groups (broad SMARTS) is 1. The topological polar surface area (TPSA) is 151 Å². The lowest BCUT2D eigenvalue weighted by Gasteiger charge is -2.53. The Morgan fingerprint density at radius 1 is 1.02 bits per heavy atom. The van der Waals surface area contributed by atoms with Gasteiger partial charge in [-0.15, -0.1) is 0 Å². The van der Waals surface area contributed by atoms with Gasteiger partial charge < -0.3 is 20.1 Å². The molecule has 276 valence electrons. The van der Waals surface area contributed by atoms with Crippen LogP contribution in [0.5, 0.6) is 0 Å². The third-order valence-corrected chi connectivity index (χ3v) is 11.3. The normalized spacial score (nSPS) is 16.9. The van der Waals surface area contributed by atoms with Crippen molar-refractivity contribution in [2.75, 3.05) is 17.8 Å². The number of ether oxygens (including phenoxy) is 1. The van der Waals surface area contributed by atoms with Gasteiger partial charge in [0.15, 0.2) is 0 Å². The highest BCUT2D eigenvalue weighted by molar-refractivity contribution is 7.92. The third-order valence-electron chi connectivity index (χ3n) is 9.94. The maximum atomic E-state index is 13.4. The molecule has 1 unspecified atom stereocenters. The molecule has 3 N–H and O–H groups in total. The molecule has 1 amide bonds. The molecule has 12 heteroatoms. The minimum Gasteiger partial charge on any atom is -0.478 e. The summed E-state index contributed by atoms with van der Waals surface area (Å²) in [4.78, 5) is 35.1. The average Bonchev–Trinajstić information content (AvgIpc) is 3.02. The SMILES string of the molecule is Cc1cccc(C)c1-c1cc(CCC(CC(C)C)NC2CC3(CCN(C(=O)OC(C)(C)C)CC3)C2)nc(NS(=O)(=O)c2cccc(C(=O)O)c2)n1. The number of amides is 1. The molecule has 1 aliphatic carbocycles. The van der Waals surface area contributed by atoms with E-state index in [4.69, 9.17) is 4.74 Å². The van der Waals surface area contributed by atoms with E-state index in [1.54, 1.807) is 0 Å². The van der Waals surface area contributed by atoms with Crippen LogP contribution in [0, 0.1) is 25.2 Å². The van der Waals surface area contributed by atoms with E-state index in [0.29, 0.717) is 24.1 Å². The molecule has 2 fully saturated rings. The Balaban J connectivity index is 1.30. The summed E-state index contributed by atoms with van der Waals surface area (Å²) in [6.07, 6.45) is 6.33. The zero-order valence-electron chi connectivity index (χ0n) is 31.0. The zero-order chi connectivity index (χ0) is 37.1. The monoisotopic (exact) mass is 719 g/mol. The minimum atomic E-state index is -4.17. The number of piperidine rings is 1. The summed E-state index contributed by atoms with van der Waals surface area (Å²) in [5.41, 5.74) is 3.92. The Kier molecular flexibility index (Phi) is 11.5. The molecule has 1 spiro atoms. The van der Waals surface area contributed by atoms with Crippen molar-refractivity contribution in [2.45, 2.75) is 116 Å². The number of rotatable bonds is 12. The number of nitrogens with one attached hydrogen (secondary N) is 2. The molecule has 2 heterocycles. The van der Waals surface area contributed by atoms with Crippen molar-refractivity contribution in [3.8, 4) is 11.3 Å². The highest BCUT2D eigenvalue weighted by Crippen LogP contribution is 2.49. The van der Waals surface area contributed by atoms with Crippen LogP contribution in [0.25, 0.3) is 11.3 Å². The molecule has 1 aromatic heterocycles. The van der Waals surface area contributed by atoms with E-state index in [1.807, 2.05) is 63.8 Å². The summed E-state index contributed by atoms with van der Waals surface area (Å²) in [7, 11) is -4.17. The number of carbonyl (C=O) groups excluding carboxylic acids is 1. The van der Waals surface area contributed by atoms with E-state index < -0.39 is 21.6 Å². The molecule has 3 aromatic rings. The van der Waals surface area contributed by atoms with Crippen molar-refractivity contribution in [3.05, 3.63) is 70.9 Å². The average molecular weight is 720 g/mol. The Bertz CT molecular complexity index is 1820. The Morgan fingerprint density at radius 3 is 2.27 bits per heavy atom. The quantitative estimate of drug-likeness (QED) is 0.174. The van der Waals surface area contributed by atoms with Crippen LogP contribution in [-0.4, -0.2) is 71.2 Å². The lowest BCUT2D eigenvalue weighted by Crippen LogP contribution is -2.56. The number of likely N-dealkylation sites (tertiary alicyclic amines) is 1. The van der Waals surface area contributed by atoms with Gasteiger partial charge in [0.05, 0.1) is 16.2 Å². The maximum Gasteiger partial charge on any atom is 0.410 e. The predicted octanol–water partition coefficient (Wildman–Crippen LogP) is 7.38. The van der Waals surface area contributed by atoms with Crippen LogP contribution in [0.3, 0.4) is 0 Å². The van der Waals surface area contributed by atoms with Gasteiger partial charge in [0, 0.05) is 36.4 Å². The third kappa shape index (κ3) is 9.85. The molecule has 0 radical (unpaired) electrons. The van der Waals surface area contributed by atoms with Crippen LogP contribution in [0.4, 0.5) is 10.7 Å². The van der Waals surface area contributed by atoms with Crippen LogP contribution >= 0.6 is 0 Å². The molecule has 0 bridgehead atoms. The fraction of sp³-hybridized carbons (Fsp3) is 0.538. The largest absolute Gasteiger partial charge is 0.478 e. The highest BCUT2D eigenvalue weighted by atomic mass is 32.2. The van der Waals surface area contributed by atoms with Crippen molar-refractivity contribution in [1.29, 1.82) is 0 Å². The second-order valence-electron chi connectivity index (χ2n) is 15.9. The van der Waals surface area contributed by atoms with Gasteiger partial charge in [-0.25, -0.2) is 32.7 Å². The van der Waals surface area contributed by atoms with E-state index in [0.717, 1.165) is 80.1 Å². The standard InChI is InChI=1S/C39H53N5O6S/c1-25(2)20-29(40-31-23-39(24-31)16-18-44(19-17-39)37(47)50-38(5,6)7)14-15-30-22-33(34-26(3)10-8-11-27(34)4)42-36(41-30)43-51(48,49)32-13-9-12-28(21-32)35(45)46/h8-13,21-22,25,29,31,40H,14-20,23-24H2,1-7H3,(H,45,46)(H,41,42,43). The zero-order valence-corrected chi connectivity index (χ0v) is 31.8. The van der Waals surface area contributed by atoms with E-state index in [9.17, 15) is 23.1 Å². The van der Waals surface area contributed by atoms with Crippen LogP contribution in [0.2, 0.25) is 0 Å². The summed E-state index contributed by atoms with van der Waals surface area (Å²) >= 11 is 0. The van der Waals surface area contributed by atoms with Gasteiger partial charge in [-0.1, -0.05) is 38.1 Å². The summed E-state index contributed by atoms with van der Waals surface area (Å²) in [5, 5.41) is 13.3. The van der Waals surface area contributed by atoms with Gasteiger partial charge in [-0.3, -0.25) is 0 Å². The number of carboxylic acids is 1. The molecule has 51 heavy (non-hydrogen) atoms. The molecule has 2 aromatic carbocycles. The molecular weight excluding hydrogens is 667 g/mol. The maximum absolute atomic E-state index is 13.4. The first-order valence-corrected chi connectivity index (χ1v) is 19.4. The Hall–Kier alpha value is -4.03. The van der Waals surface area contributed by atoms with Crippen molar-refractivity contribution < 1.29 is 27.9 Å². The second-order valence-corrected chi connectivity index (χ2v) is 17.6. The molecule has 1 saturated heterocycles. The number of hydrogen-bond acceptors (Lipinski definition) is 8. The van der Waals surface area contributed by atoms with Gasteiger partial charge in [0.2, 0.25) is 5.95 Å². The first-order valence-electron chi connectivity index (χ1n) is 18.0. The van der Waals surface area contributed by atoms with Crippen molar-refractivity contribution >= 4 is 28.0 Å². The predicted molar refractivity (Wildman–Crippen MR) is 198 cm³/mol.